The van der Waals surface area contributed by atoms with E-state index in [9.17, 15) is 4.79 Å². The molecule has 0 saturated heterocycles. The molecule has 0 bridgehead atoms. The van der Waals surface area contributed by atoms with Crippen LogP contribution in [0.5, 0.6) is 0 Å². The molecular weight excluding hydrogens is 428 g/mol. The highest BCUT2D eigenvalue weighted by Crippen LogP contribution is 2.67. The summed E-state index contributed by atoms with van der Waals surface area (Å²) in [5.74, 6) is 5.87. The lowest BCUT2D eigenvalue weighted by molar-refractivity contribution is -0.151. The maximum Gasteiger partial charge on any atom is 0.306 e. The van der Waals surface area contributed by atoms with Gasteiger partial charge in [-0.05, 0) is 104 Å². The van der Waals surface area contributed by atoms with Gasteiger partial charge in [-0.1, -0.05) is 79.4 Å². The molecule has 0 aliphatic heterocycles. The van der Waals surface area contributed by atoms with E-state index in [1.165, 1.54) is 57.8 Å². The summed E-state index contributed by atoms with van der Waals surface area (Å²) in [5, 5.41) is 0. The Bertz CT molecular complexity index is 765. The van der Waals surface area contributed by atoms with Gasteiger partial charge in [0.15, 0.2) is 0 Å². The molecule has 3 saturated carbocycles. The highest BCUT2D eigenvalue weighted by atomic mass is 16.5. The molecule has 0 N–H and O–H groups in total. The summed E-state index contributed by atoms with van der Waals surface area (Å²) >= 11 is 0. The van der Waals surface area contributed by atoms with Crippen molar-refractivity contribution in [1.29, 1.82) is 0 Å². The molecule has 0 radical (unpaired) electrons. The molecule has 8 atom stereocenters. The molecule has 8 unspecified atom stereocenters. The summed E-state index contributed by atoms with van der Waals surface area (Å²) in [7, 11) is 0. The number of allylic oxidation sites excluding steroid dienone is 1. The van der Waals surface area contributed by atoms with Gasteiger partial charge in [-0.2, -0.15) is 0 Å². The van der Waals surface area contributed by atoms with Crippen LogP contribution in [-0.2, 0) is 9.53 Å². The molecule has 0 amide bonds. The van der Waals surface area contributed by atoms with Crippen LogP contribution in [0, 0.1) is 52.3 Å². The lowest BCUT2D eigenvalue weighted by atomic mass is 9.47. The first kappa shape index (κ1) is 27.3. The quantitative estimate of drug-likeness (QED) is 0.241. The first-order valence-electron chi connectivity index (χ1n) is 15.4. The van der Waals surface area contributed by atoms with Gasteiger partial charge in [0.25, 0.3) is 0 Å². The predicted octanol–water partition coefficient (Wildman–Crippen LogP) is 9.38. The first-order valence-corrected chi connectivity index (χ1v) is 15.4. The van der Waals surface area contributed by atoms with Gasteiger partial charge in [0, 0.05) is 12.8 Å². The maximum atomic E-state index is 12.4. The Morgan fingerprint density at radius 2 is 1.69 bits per heavy atom. The van der Waals surface area contributed by atoms with Crippen molar-refractivity contribution < 1.29 is 9.53 Å². The largest absolute Gasteiger partial charge is 0.462 e. The monoisotopic (exact) mass is 484 g/mol. The first-order chi connectivity index (χ1) is 16.5. The van der Waals surface area contributed by atoms with Crippen LogP contribution in [0.4, 0.5) is 0 Å². The van der Waals surface area contributed by atoms with Crippen molar-refractivity contribution in [3.8, 4) is 0 Å². The molecule has 0 aromatic rings. The van der Waals surface area contributed by atoms with E-state index in [2.05, 4.69) is 54.5 Å². The zero-order chi connectivity index (χ0) is 25.4. The molecule has 0 heterocycles. The van der Waals surface area contributed by atoms with E-state index in [0.717, 1.165) is 54.8 Å². The highest BCUT2D eigenvalue weighted by Gasteiger charge is 2.59. The standard InChI is InChI=1S/C33H56O2/c1-22(2)9-8-10-24(5)28-14-15-29-27-13-12-25-21-26(35-31(34)16-11-23(3)4)17-19-32(25,6)30(27)18-20-33(28,29)7/h12,22-24,26-30H,8-11,13-21H2,1-7H3. The average molecular weight is 485 g/mol. The zero-order valence-electron chi connectivity index (χ0n) is 24.2. The van der Waals surface area contributed by atoms with Crippen LogP contribution in [-0.4, -0.2) is 12.1 Å². The van der Waals surface area contributed by atoms with Crippen molar-refractivity contribution >= 4 is 5.97 Å². The average Bonchev–Trinajstić information content (AvgIpc) is 3.15. The molecule has 0 aromatic carbocycles. The number of rotatable bonds is 9. The second-order valence-electron chi connectivity index (χ2n) is 14.6. The molecule has 0 aromatic heterocycles. The number of carbonyl (C=O) groups excluding carboxylic acids is 1. The Kier molecular flexibility index (Phi) is 8.49. The lowest BCUT2D eigenvalue weighted by Crippen LogP contribution is -2.51. The molecule has 200 valence electrons. The van der Waals surface area contributed by atoms with E-state index in [4.69, 9.17) is 4.74 Å². The number of fused-ring (bicyclic) bond motifs is 5. The Balaban J connectivity index is 1.40. The second-order valence-corrected chi connectivity index (χ2v) is 14.6. The Hall–Kier alpha value is -0.790. The van der Waals surface area contributed by atoms with Crippen molar-refractivity contribution in [2.45, 2.75) is 138 Å². The van der Waals surface area contributed by atoms with Gasteiger partial charge < -0.3 is 4.74 Å². The summed E-state index contributed by atoms with van der Waals surface area (Å²) in [6, 6.07) is 0. The third-order valence-corrected chi connectivity index (χ3v) is 11.5. The van der Waals surface area contributed by atoms with Crippen molar-refractivity contribution in [1.82, 2.24) is 0 Å². The minimum atomic E-state index is 0.0227. The van der Waals surface area contributed by atoms with Gasteiger partial charge in [0.2, 0.25) is 0 Å². The van der Waals surface area contributed by atoms with E-state index in [1.54, 1.807) is 5.57 Å². The van der Waals surface area contributed by atoms with Gasteiger partial charge >= 0.3 is 5.97 Å². The van der Waals surface area contributed by atoms with Crippen molar-refractivity contribution in [3.63, 3.8) is 0 Å². The number of carbonyl (C=O) groups is 1. The van der Waals surface area contributed by atoms with E-state index in [0.29, 0.717) is 23.2 Å². The van der Waals surface area contributed by atoms with Crippen molar-refractivity contribution in [2.75, 3.05) is 0 Å². The van der Waals surface area contributed by atoms with Crippen LogP contribution in [0.1, 0.15) is 132 Å². The van der Waals surface area contributed by atoms with Crippen molar-refractivity contribution in [3.05, 3.63) is 11.6 Å². The van der Waals surface area contributed by atoms with Gasteiger partial charge in [0.05, 0.1) is 0 Å². The molecule has 2 nitrogen and oxygen atoms in total. The Morgan fingerprint density at radius 1 is 0.943 bits per heavy atom. The van der Waals surface area contributed by atoms with E-state index >= 15 is 0 Å². The summed E-state index contributed by atoms with van der Waals surface area (Å²) < 4.78 is 5.96. The van der Waals surface area contributed by atoms with Gasteiger partial charge in [-0.15, -0.1) is 0 Å². The SMILES string of the molecule is CC(C)CCCC(C)C1CCC2C3CC=C4CC(OC(=O)CCC(C)C)CCC4(C)C3CCC12C. The zero-order valence-corrected chi connectivity index (χ0v) is 24.2. The number of ether oxygens (including phenoxy) is 1. The highest BCUT2D eigenvalue weighted by molar-refractivity contribution is 5.69. The minimum Gasteiger partial charge on any atom is -0.462 e. The number of hydrogen-bond donors (Lipinski definition) is 0. The summed E-state index contributed by atoms with van der Waals surface area (Å²) in [4.78, 5) is 12.4. The smallest absolute Gasteiger partial charge is 0.306 e. The van der Waals surface area contributed by atoms with Crippen LogP contribution in [0.2, 0.25) is 0 Å². The molecule has 4 rings (SSSR count). The maximum absolute atomic E-state index is 12.4. The molecule has 2 heteroatoms. The second kappa shape index (κ2) is 10.9. The predicted molar refractivity (Wildman–Crippen MR) is 147 cm³/mol. The topological polar surface area (TPSA) is 26.3 Å². The van der Waals surface area contributed by atoms with Crippen molar-refractivity contribution in [2.24, 2.45) is 52.3 Å². The van der Waals surface area contributed by atoms with Crippen LogP contribution in [0.15, 0.2) is 11.6 Å². The van der Waals surface area contributed by atoms with Crippen LogP contribution < -0.4 is 0 Å². The fourth-order valence-electron chi connectivity index (χ4n) is 9.40. The normalized spacial score (nSPS) is 39.6. The lowest BCUT2D eigenvalue weighted by Gasteiger charge is -2.58. The minimum absolute atomic E-state index is 0.0227. The Labute approximate surface area is 217 Å². The molecule has 4 aliphatic carbocycles. The van der Waals surface area contributed by atoms with Gasteiger partial charge in [-0.25, -0.2) is 0 Å². The number of esters is 1. The molecule has 0 spiro atoms. The third-order valence-electron chi connectivity index (χ3n) is 11.5. The van der Waals surface area contributed by atoms with Crippen LogP contribution in [0.3, 0.4) is 0 Å². The molecule has 35 heavy (non-hydrogen) atoms. The molecule has 3 fully saturated rings. The van der Waals surface area contributed by atoms with E-state index in [1.807, 2.05) is 0 Å². The summed E-state index contributed by atoms with van der Waals surface area (Å²) in [5.41, 5.74) is 2.53. The van der Waals surface area contributed by atoms with Gasteiger partial charge in [0.1, 0.15) is 6.10 Å². The Morgan fingerprint density at radius 3 is 2.40 bits per heavy atom. The number of hydrogen-bond acceptors (Lipinski definition) is 2. The van der Waals surface area contributed by atoms with E-state index in [-0.39, 0.29) is 12.1 Å². The van der Waals surface area contributed by atoms with Crippen LogP contribution >= 0.6 is 0 Å². The van der Waals surface area contributed by atoms with Gasteiger partial charge in [-0.3, -0.25) is 4.79 Å². The van der Waals surface area contributed by atoms with Crippen LogP contribution in [0.25, 0.3) is 0 Å². The molecule has 4 aliphatic rings. The fraction of sp³-hybridized carbons (Fsp3) is 0.909. The van der Waals surface area contributed by atoms with E-state index < -0.39 is 0 Å². The molecular formula is C33H56O2. The summed E-state index contributed by atoms with van der Waals surface area (Å²) in [6.07, 6.45) is 18.8. The summed E-state index contributed by atoms with van der Waals surface area (Å²) in [6.45, 7) is 16.9. The fourth-order valence-corrected chi connectivity index (χ4v) is 9.40. The third kappa shape index (κ3) is 5.57.